The summed E-state index contributed by atoms with van der Waals surface area (Å²) < 4.78 is 99.1. The molecule has 1 aromatic rings. The zero-order valence-electron chi connectivity index (χ0n) is 10.2. The summed E-state index contributed by atoms with van der Waals surface area (Å²) in [6, 6.07) is -0.601. The fourth-order valence-corrected chi connectivity index (χ4v) is 2.98. The number of halogens is 7. The molecule has 0 aliphatic carbocycles. The first kappa shape index (κ1) is 18.2. The van der Waals surface area contributed by atoms with E-state index in [1.54, 1.807) is 0 Å². The molecule has 0 saturated carbocycles. The summed E-state index contributed by atoms with van der Waals surface area (Å²) in [6.07, 6.45) is -9.70. The lowest BCUT2D eigenvalue weighted by molar-refractivity contribution is -0.147. The molecule has 1 rings (SSSR count). The highest BCUT2D eigenvalue weighted by atomic mass is 79.9. The third kappa shape index (κ3) is 4.58. The van der Waals surface area contributed by atoms with Crippen LogP contribution < -0.4 is 4.72 Å². The minimum Gasteiger partial charge on any atom is -0.207 e. The predicted molar refractivity (Wildman–Crippen MR) is 65.0 cm³/mol. The molecule has 0 aliphatic heterocycles. The van der Waals surface area contributed by atoms with Crippen molar-refractivity contribution in [2.75, 3.05) is 0 Å². The van der Waals surface area contributed by atoms with Crippen LogP contribution in [0.2, 0.25) is 0 Å². The summed E-state index contributed by atoms with van der Waals surface area (Å²) in [5.74, 6) is 0. The molecule has 11 heteroatoms. The Morgan fingerprint density at radius 1 is 1.14 bits per heavy atom. The van der Waals surface area contributed by atoms with E-state index >= 15 is 0 Å². The number of sulfonamides is 1. The summed E-state index contributed by atoms with van der Waals surface area (Å²) in [7, 11) is -4.73. The van der Waals surface area contributed by atoms with Crippen molar-refractivity contribution >= 4 is 26.0 Å². The van der Waals surface area contributed by atoms with Gasteiger partial charge in [-0.15, -0.1) is 0 Å². The maximum Gasteiger partial charge on any atom is 0.417 e. The normalized spacial score (nSPS) is 15.0. The van der Waals surface area contributed by atoms with Gasteiger partial charge < -0.3 is 0 Å². The van der Waals surface area contributed by atoms with Gasteiger partial charge >= 0.3 is 12.4 Å². The Morgan fingerprint density at radius 2 is 1.67 bits per heavy atom. The van der Waals surface area contributed by atoms with Crippen molar-refractivity contribution in [3.8, 4) is 0 Å². The van der Waals surface area contributed by atoms with Crippen LogP contribution in [0, 0.1) is 0 Å². The van der Waals surface area contributed by atoms with Crippen LogP contribution in [-0.4, -0.2) is 20.6 Å². The van der Waals surface area contributed by atoms with Gasteiger partial charge in [0.1, 0.15) is 6.04 Å². The van der Waals surface area contributed by atoms with Crippen molar-refractivity contribution in [1.82, 2.24) is 4.72 Å². The highest BCUT2D eigenvalue weighted by Crippen LogP contribution is 2.36. The van der Waals surface area contributed by atoms with Crippen LogP contribution in [0.15, 0.2) is 27.6 Å². The average molecular weight is 400 g/mol. The molecular formula is C10H8BrF6NO2S. The fourth-order valence-electron chi connectivity index (χ4n) is 1.26. The van der Waals surface area contributed by atoms with E-state index < -0.39 is 43.3 Å². The molecule has 0 amide bonds. The van der Waals surface area contributed by atoms with Gasteiger partial charge in [0.05, 0.1) is 10.5 Å². The molecule has 1 aromatic carbocycles. The van der Waals surface area contributed by atoms with Gasteiger partial charge in [0.25, 0.3) is 0 Å². The molecular weight excluding hydrogens is 392 g/mol. The number of rotatable bonds is 3. The third-order valence-corrected chi connectivity index (χ3v) is 4.61. The number of benzene rings is 1. The van der Waals surface area contributed by atoms with Gasteiger partial charge in [0, 0.05) is 4.47 Å². The van der Waals surface area contributed by atoms with Gasteiger partial charge in [-0.2, -0.15) is 31.1 Å². The lowest BCUT2D eigenvalue weighted by Gasteiger charge is -2.18. The topological polar surface area (TPSA) is 46.2 Å². The average Bonchev–Trinajstić information content (AvgIpc) is 2.25. The highest BCUT2D eigenvalue weighted by Gasteiger charge is 2.39. The molecule has 1 N–H and O–H groups in total. The van der Waals surface area contributed by atoms with Crippen molar-refractivity contribution in [2.24, 2.45) is 0 Å². The van der Waals surface area contributed by atoms with Crippen LogP contribution in [0.4, 0.5) is 26.3 Å². The molecule has 21 heavy (non-hydrogen) atoms. The van der Waals surface area contributed by atoms with Crippen LogP contribution in [0.3, 0.4) is 0 Å². The second-order valence-electron chi connectivity index (χ2n) is 4.02. The SMILES string of the molecule is C[C@H](NS(=O)(=O)c1ccc(Br)c(C(F)(F)F)c1)C(F)(F)F. The number of nitrogens with one attached hydrogen (secondary N) is 1. The van der Waals surface area contributed by atoms with Crippen molar-refractivity contribution < 1.29 is 34.8 Å². The quantitative estimate of drug-likeness (QED) is 0.787. The van der Waals surface area contributed by atoms with Crippen LogP contribution in [-0.2, 0) is 16.2 Å². The molecule has 0 unspecified atom stereocenters. The standard InChI is InChI=1S/C10H8BrF6NO2S/c1-5(9(12,13)14)18-21(19,20)6-2-3-8(11)7(4-6)10(15,16)17/h2-5,18H,1H3/t5-/m0/s1. The summed E-state index contributed by atoms with van der Waals surface area (Å²) in [4.78, 5) is -0.908. The van der Waals surface area contributed by atoms with Crippen LogP contribution >= 0.6 is 15.9 Å². The first-order chi connectivity index (χ1) is 9.25. The van der Waals surface area contributed by atoms with Crippen LogP contribution in [0.25, 0.3) is 0 Å². The Hall–Kier alpha value is -0.810. The largest absolute Gasteiger partial charge is 0.417 e. The smallest absolute Gasteiger partial charge is 0.207 e. The molecule has 0 aromatic heterocycles. The molecule has 0 fully saturated rings. The third-order valence-electron chi connectivity index (χ3n) is 2.38. The molecule has 0 heterocycles. The van der Waals surface area contributed by atoms with Crippen LogP contribution in [0.1, 0.15) is 12.5 Å². The maximum absolute atomic E-state index is 12.6. The molecule has 0 spiro atoms. The molecule has 0 bridgehead atoms. The van der Waals surface area contributed by atoms with Gasteiger partial charge in [-0.1, -0.05) is 15.9 Å². The Bertz CT molecular complexity index is 625. The lowest BCUT2D eigenvalue weighted by Crippen LogP contribution is -2.43. The van der Waals surface area contributed by atoms with E-state index in [0.717, 1.165) is 12.1 Å². The Balaban J connectivity index is 3.22. The van der Waals surface area contributed by atoms with E-state index in [0.29, 0.717) is 6.92 Å². The van der Waals surface area contributed by atoms with Crippen molar-refractivity contribution in [3.63, 3.8) is 0 Å². The minimum atomic E-state index is -4.85. The van der Waals surface area contributed by atoms with Gasteiger partial charge in [-0.05, 0) is 25.1 Å². The molecule has 120 valence electrons. The monoisotopic (exact) mass is 399 g/mol. The number of hydrogen-bond donors (Lipinski definition) is 1. The minimum absolute atomic E-state index is 0.259. The molecule has 0 radical (unpaired) electrons. The van der Waals surface area contributed by atoms with Crippen LogP contribution in [0.5, 0.6) is 0 Å². The summed E-state index contributed by atoms with van der Waals surface area (Å²) >= 11 is 2.60. The maximum atomic E-state index is 12.6. The van der Waals surface area contributed by atoms with Crippen molar-refractivity contribution in [3.05, 3.63) is 28.2 Å². The van der Waals surface area contributed by atoms with E-state index in [-0.39, 0.29) is 6.07 Å². The molecule has 0 aliphatic rings. The fraction of sp³-hybridized carbons (Fsp3) is 0.400. The van der Waals surface area contributed by atoms with Crippen molar-refractivity contribution in [1.29, 1.82) is 0 Å². The molecule has 0 saturated heterocycles. The zero-order chi connectivity index (χ0) is 16.6. The van der Waals surface area contributed by atoms with E-state index in [2.05, 4.69) is 15.9 Å². The Labute approximate surface area is 124 Å². The highest BCUT2D eigenvalue weighted by molar-refractivity contribution is 9.10. The van der Waals surface area contributed by atoms with Crippen molar-refractivity contribution in [2.45, 2.75) is 30.2 Å². The van der Waals surface area contributed by atoms with E-state index in [1.165, 1.54) is 4.72 Å². The number of hydrogen-bond acceptors (Lipinski definition) is 2. The van der Waals surface area contributed by atoms with E-state index in [4.69, 9.17) is 0 Å². The van der Waals surface area contributed by atoms with Gasteiger partial charge in [0.2, 0.25) is 10.0 Å². The summed E-state index contributed by atoms with van der Waals surface area (Å²) in [6.45, 7) is 0.543. The van der Waals surface area contributed by atoms with Gasteiger partial charge in [-0.25, -0.2) is 8.42 Å². The van der Waals surface area contributed by atoms with Gasteiger partial charge in [-0.3, -0.25) is 0 Å². The second kappa shape index (κ2) is 5.76. The second-order valence-corrected chi connectivity index (χ2v) is 6.59. The lowest BCUT2D eigenvalue weighted by atomic mass is 10.2. The number of alkyl halides is 6. The molecule has 1 atom stereocenters. The summed E-state index contributed by atoms with van der Waals surface area (Å²) in [5, 5.41) is 0. The first-order valence-corrected chi connectivity index (χ1v) is 7.48. The zero-order valence-corrected chi connectivity index (χ0v) is 12.6. The summed E-state index contributed by atoms with van der Waals surface area (Å²) in [5.41, 5.74) is -1.30. The van der Waals surface area contributed by atoms with Gasteiger partial charge in [0.15, 0.2) is 0 Å². The predicted octanol–water partition coefficient (Wildman–Crippen LogP) is 3.70. The Morgan fingerprint density at radius 3 is 2.10 bits per heavy atom. The first-order valence-electron chi connectivity index (χ1n) is 5.21. The van der Waals surface area contributed by atoms with E-state index in [1.807, 2.05) is 0 Å². The van der Waals surface area contributed by atoms with E-state index in [9.17, 15) is 34.8 Å². The molecule has 3 nitrogen and oxygen atoms in total. The Kier molecular flexibility index (Phi) is 5.01.